The number of benzene rings is 1. The summed E-state index contributed by atoms with van der Waals surface area (Å²) in [6.07, 6.45) is 5.26. The van der Waals surface area contributed by atoms with E-state index in [2.05, 4.69) is 26.5 Å². The first kappa shape index (κ1) is 15.7. The third kappa shape index (κ3) is 2.48. The molecular weight excluding hydrogens is 368 g/mol. The summed E-state index contributed by atoms with van der Waals surface area (Å²) in [6, 6.07) is 5.39. The molecular formula is C17H12N6O3S. The third-order valence-electron chi connectivity index (χ3n) is 4.20. The van der Waals surface area contributed by atoms with Gasteiger partial charge in [0.25, 0.3) is 0 Å². The smallest absolute Gasteiger partial charge is 0.348 e. The average molecular weight is 380 g/mol. The van der Waals surface area contributed by atoms with Crippen LogP contribution in [0.3, 0.4) is 0 Å². The van der Waals surface area contributed by atoms with E-state index in [4.69, 9.17) is 15.9 Å². The largest absolute Gasteiger partial charge is 0.454 e. The van der Waals surface area contributed by atoms with E-state index in [-0.39, 0.29) is 26.0 Å². The molecule has 10 heteroatoms. The van der Waals surface area contributed by atoms with Crippen molar-refractivity contribution in [2.24, 2.45) is 10.1 Å². The SMILES string of the molecule is C#CCN1NN=C2C(c3nc(-c4ccc5c(c4)OCO5)cs3)=NCN2C1=O. The molecule has 1 aromatic heterocycles. The molecule has 0 bridgehead atoms. The second kappa shape index (κ2) is 6.00. The number of amidine groups is 1. The highest BCUT2D eigenvalue weighted by molar-refractivity contribution is 7.13. The first-order valence-electron chi connectivity index (χ1n) is 8.01. The van der Waals surface area contributed by atoms with Gasteiger partial charge in [-0.3, -0.25) is 9.89 Å². The number of nitrogens with zero attached hydrogens (tertiary/aromatic N) is 5. The van der Waals surface area contributed by atoms with Gasteiger partial charge in [0.05, 0.1) is 5.69 Å². The number of ether oxygens (including phenoxy) is 2. The van der Waals surface area contributed by atoms with Crippen LogP contribution in [0.25, 0.3) is 11.3 Å². The van der Waals surface area contributed by atoms with Crippen LogP contribution in [0.4, 0.5) is 4.79 Å². The fraction of sp³-hybridized carbons (Fsp3) is 0.176. The van der Waals surface area contributed by atoms with E-state index in [0.29, 0.717) is 22.3 Å². The Morgan fingerprint density at radius 3 is 3.11 bits per heavy atom. The molecule has 0 saturated carbocycles. The lowest BCUT2D eigenvalue weighted by Gasteiger charge is -2.29. The Morgan fingerprint density at radius 2 is 2.22 bits per heavy atom. The standard InChI is InChI=1S/C17H12N6O3S/c1-2-5-23-17(24)22-8-18-14(15(22)20-21-23)16-19-11(7-27-16)10-3-4-12-13(6-10)26-9-25-12/h1,3-4,6-7,21H,5,8-9H2. The molecule has 27 heavy (non-hydrogen) atoms. The van der Waals surface area contributed by atoms with E-state index in [0.717, 1.165) is 17.0 Å². The molecule has 3 aliphatic heterocycles. The first-order chi connectivity index (χ1) is 13.2. The highest BCUT2D eigenvalue weighted by Crippen LogP contribution is 2.36. The van der Waals surface area contributed by atoms with Crippen LogP contribution in [0, 0.1) is 12.3 Å². The molecule has 0 aliphatic carbocycles. The predicted octanol–water partition coefficient (Wildman–Crippen LogP) is 1.49. The minimum atomic E-state index is -0.288. The number of amides is 2. The van der Waals surface area contributed by atoms with Gasteiger partial charge < -0.3 is 9.47 Å². The lowest BCUT2D eigenvalue weighted by Crippen LogP contribution is -2.55. The van der Waals surface area contributed by atoms with Gasteiger partial charge in [-0.05, 0) is 18.2 Å². The number of urea groups is 1. The van der Waals surface area contributed by atoms with Crippen molar-refractivity contribution < 1.29 is 14.3 Å². The Bertz CT molecular complexity index is 1050. The number of carbonyl (C=O) groups is 1. The Hall–Kier alpha value is -3.58. The molecule has 134 valence electrons. The van der Waals surface area contributed by atoms with Crippen LogP contribution >= 0.6 is 11.3 Å². The van der Waals surface area contributed by atoms with Gasteiger partial charge in [-0.1, -0.05) is 5.92 Å². The number of thiazole rings is 1. The molecule has 0 spiro atoms. The number of aliphatic imine (C=N–C) groups is 1. The van der Waals surface area contributed by atoms with Crippen LogP contribution in [0.5, 0.6) is 11.5 Å². The zero-order valence-corrected chi connectivity index (χ0v) is 14.7. The summed E-state index contributed by atoms with van der Waals surface area (Å²) < 4.78 is 10.8. The number of aromatic nitrogens is 1. The summed E-state index contributed by atoms with van der Waals surface area (Å²) in [6.45, 7) is 0.535. The monoisotopic (exact) mass is 380 g/mol. The number of carbonyl (C=O) groups excluding carboxylic acids is 1. The second-order valence-corrected chi connectivity index (χ2v) is 6.65. The van der Waals surface area contributed by atoms with Crippen LogP contribution in [0.2, 0.25) is 0 Å². The molecule has 0 atom stereocenters. The van der Waals surface area contributed by atoms with E-state index in [1.807, 2.05) is 23.6 Å². The van der Waals surface area contributed by atoms with Crippen LogP contribution in [-0.2, 0) is 0 Å². The summed E-state index contributed by atoms with van der Waals surface area (Å²) in [5, 5.41) is 8.10. The number of hydrogen-bond donors (Lipinski definition) is 1. The highest BCUT2D eigenvalue weighted by atomic mass is 32.1. The van der Waals surface area contributed by atoms with Gasteiger partial charge in [-0.25, -0.2) is 20.3 Å². The summed E-state index contributed by atoms with van der Waals surface area (Å²) >= 11 is 1.44. The maximum atomic E-state index is 12.4. The van der Waals surface area contributed by atoms with Gasteiger partial charge in [0.15, 0.2) is 17.3 Å². The number of rotatable bonds is 3. The zero-order valence-electron chi connectivity index (χ0n) is 13.9. The van der Waals surface area contributed by atoms with Crippen molar-refractivity contribution in [1.82, 2.24) is 20.4 Å². The Kier molecular flexibility index (Phi) is 3.48. The fourth-order valence-corrected chi connectivity index (χ4v) is 3.73. The minimum Gasteiger partial charge on any atom is -0.454 e. The van der Waals surface area contributed by atoms with Crippen molar-refractivity contribution in [2.45, 2.75) is 0 Å². The normalized spacial score (nSPS) is 17.2. The number of nitrogens with one attached hydrogen (secondary N) is 1. The Labute approximate surface area is 157 Å². The third-order valence-corrected chi connectivity index (χ3v) is 5.05. The Balaban J connectivity index is 1.42. The van der Waals surface area contributed by atoms with Crippen molar-refractivity contribution >= 4 is 28.9 Å². The van der Waals surface area contributed by atoms with Gasteiger partial charge in [0.1, 0.15) is 23.9 Å². The molecule has 1 N–H and O–H groups in total. The van der Waals surface area contributed by atoms with Crippen LogP contribution < -0.4 is 15.0 Å². The van der Waals surface area contributed by atoms with E-state index in [1.54, 1.807) is 0 Å². The fourth-order valence-electron chi connectivity index (χ4n) is 2.90. The molecule has 5 rings (SSSR count). The van der Waals surface area contributed by atoms with Crippen molar-refractivity contribution in [3.63, 3.8) is 0 Å². The summed E-state index contributed by atoms with van der Waals surface area (Å²) in [7, 11) is 0. The molecule has 4 heterocycles. The maximum Gasteiger partial charge on any atom is 0.348 e. The number of hydrazine groups is 1. The molecule has 0 radical (unpaired) electrons. The van der Waals surface area contributed by atoms with Gasteiger partial charge in [-0.2, -0.15) is 0 Å². The summed E-state index contributed by atoms with van der Waals surface area (Å²) in [5.74, 6) is 4.28. The van der Waals surface area contributed by atoms with Crippen molar-refractivity contribution in [1.29, 1.82) is 0 Å². The highest BCUT2D eigenvalue weighted by Gasteiger charge is 2.37. The van der Waals surface area contributed by atoms with Gasteiger partial charge in [0.2, 0.25) is 6.79 Å². The quantitative estimate of drug-likeness (QED) is 0.815. The summed E-state index contributed by atoms with van der Waals surface area (Å²) in [5.41, 5.74) is 4.94. The van der Waals surface area contributed by atoms with Crippen molar-refractivity contribution in [3.05, 3.63) is 28.6 Å². The molecule has 1 aromatic carbocycles. The van der Waals surface area contributed by atoms with Crippen LogP contribution in [-0.4, -0.2) is 52.5 Å². The van der Waals surface area contributed by atoms with E-state index in [1.165, 1.54) is 21.2 Å². The van der Waals surface area contributed by atoms with Crippen LogP contribution in [0.15, 0.2) is 33.7 Å². The molecule has 9 nitrogen and oxygen atoms in total. The van der Waals surface area contributed by atoms with E-state index < -0.39 is 0 Å². The van der Waals surface area contributed by atoms with Gasteiger partial charge in [-0.15, -0.1) is 22.9 Å². The summed E-state index contributed by atoms with van der Waals surface area (Å²) in [4.78, 5) is 23.0. The average Bonchev–Trinajstić information content (AvgIpc) is 3.42. The van der Waals surface area contributed by atoms with Gasteiger partial charge >= 0.3 is 6.03 Å². The Morgan fingerprint density at radius 1 is 1.33 bits per heavy atom. The molecule has 0 saturated heterocycles. The maximum absolute atomic E-state index is 12.4. The lowest BCUT2D eigenvalue weighted by molar-refractivity contribution is 0.151. The van der Waals surface area contributed by atoms with E-state index >= 15 is 0 Å². The number of terminal acetylenes is 1. The zero-order chi connectivity index (χ0) is 18.4. The topological polar surface area (TPSA) is 91.7 Å². The first-order valence-corrected chi connectivity index (χ1v) is 8.89. The molecule has 2 aromatic rings. The minimum absolute atomic E-state index is 0.118. The van der Waals surface area contributed by atoms with Crippen molar-refractivity contribution in [2.75, 3.05) is 20.0 Å². The van der Waals surface area contributed by atoms with Crippen molar-refractivity contribution in [3.8, 4) is 35.1 Å². The van der Waals surface area contributed by atoms with E-state index in [9.17, 15) is 4.79 Å². The predicted molar refractivity (Wildman–Crippen MR) is 98.4 cm³/mol. The molecule has 2 amide bonds. The second-order valence-electron chi connectivity index (χ2n) is 5.79. The number of hydrogen-bond acceptors (Lipinski definition) is 8. The molecule has 0 unspecified atom stereocenters. The molecule has 3 aliphatic rings. The lowest BCUT2D eigenvalue weighted by atomic mass is 10.1. The number of fused-ring (bicyclic) bond motifs is 2. The van der Waals surface area contributed by atoms with Gasteiger partial charge in [0, 0.05) is 10.9 Å². The number of hydrazone groups is 1. The molecule has 0 fully saturated rings. The van der Waals surface area contributed by atoms with Crippen LogP contribution in [0.1, 0.15) is 5.01 Å².